The molecule has 1 heterocycles. The van der Waals surface area contributed by atoms with Gasteiger partial charge in [-0.3, -0.25) is 9.59 Å². The molecule has 0 aromatic heterocycles. The number of hydrogen-bond acceptors (Lipinski definition) is 3. The van der Waals surface area contributed by atoms with Gasteiger partial charge in [-0.05, 0) is 38.1 Å². The van der Waals surface area contributed by atoms with Gasteiger partial charge in [0.15, 0.2) is 0 Å². The van der Waals surface area contributed by atoms with Gasteiger partial charge in [0.25, 0.3) is 0 Å². The fourth-order valence-electron chi connectivity index (χ4n) is 2.93. The van der Waals surface area contributed by atoms with Gasteiger partial charge in [0, 0.05) is 19.1 Å². The number of aliphatic carboxylic acids is 1. The Morgan fingerprint density at radius 2 is 2.00 bits per heavy atom. The van der Waals surface area contributed by atoms with Crippen LogP contribution in [0.4, 0.5) is 0 Å². The lowest BCUT2D eigenvalue weighted by Crippen LogP contribution is -2.33. The number of carboxylic acids is 1. The summed E-state index contributed by atoms with van der Waals surface area (Å²) in [6.45, 7) is 2.97. The number of carbonyl (C=O) groups excluding carboxylic acids is 1. The first-order chi connectivity index (χ1) is 8.65. The second-order valence-corrected chi connectivity index (χ2v) is 5.91. The van der Waals surface area contributed by atoms with Crippen LogP contribution >= 0.6 is 0 Å². The molecule has 0 bridgehead atoms. The average molecular weight is 252 g/mol. The molecule has 2 N–H and O–H groups in total. The van der Waals surface area contributed by atoms with Crippen molar-refractivity contribution >= 4 is 11.9 Å². The Hall–Kier alpha value is -1.10. The number of nitrogens with one attached hydrogen (secondary N) is 1. The molecule has 0 radical (unpaired) electrons. The Bertz CT molecular complexity index is 367. The van der Waals surface area contributed by atoms with Crippen LogP contribution in [0.1, 0.15) is 25.7 Å². The Morgan fingerprint density at radius 1 is 1.22 bits per heavy atom. The van der Waals surface area contributed by atoms with Crippen molar-refractivity contribution in [3.8, 4) is 0 Å². The molecule has 3 aliphatic rings. The standard InChI is InChI=1S/C13H20N2O3/c16-12(10-5-11(10)13(17)18)14-6-8-3-4-15(7-8)9-1-2-9/h8-11H,1-7H2,(H,14,16)(H,17,18). The van der Waals surface area contributed by atoms with Crippen LogP contribution in [-0.2, 0) is 9.59 Å². The number of amides is 1. The molecule has 100 valence electrons. The lowest BCUT2D eigenvalue weighted by Gasteiger charge is -2.15. The maximum absolute atomic E-state index is 11.7. The molecule has 18 heavy (non-hydrogen) atoms. The zero-order valence-corrected chi connectivity index (χ0v) is 10.5. The van der Waals surface area contributed by atoms with Crippen LogP contribution in [0, 0.1) is 17.8 Å². The van der Waals surface area contributed by atoms with Crippen molar-refractivity contribution in [3.05, 3.63) is 0 Å². The highest BCUT2D eigenvalue weighted by atomic mass is 16.4. The zero-order chi connectivity index (χ0) is 12.7. The van der Waals surface area contributed by atoms with Gasteiger partial charge in [-0.2, -0.15) is 0 Å². The predicted molar refractivity (Wildman–Crippen MR) is 64.9 cm³/mol. The quantitative estimate of drug-likeness (QED) is 0.738. The lowest BCUT2D eigenvalue weighted by atomic mass is 10.1. The first-order valence-corrected chi connectivity index (χ1v) is 6.89. The lowest BCUT2D eigenvalue weighted by molar-refractivity contribution is -0.140. The number of carboxylic acid groups (broad SMARTS) is 1. The van der Waals surface area contributed by atoms with E-state index < -0.39 is 11.9 Å². The van der Waals surface area contributed by atoms with Crippen LogP contribution < -0.4 is 5.32 Å². The van der Waals surface area contributed by atoms with Crippen molar-refractivity contribution in [2.75, 3.05) is 19.6 Å². The maximum atomic E-state index is 11.7. The van der Waals surface area contributed by atoms with E-state index in [9.17, 15) is 9.59 Å². The molecule has 2 saturated carbocycles. The van der Waals surface area contributed by atoms with Crippen LogP contribution in [-0.4, -0.2) is 47.6 Å². The summed E-state index contributed by atoms with van der Waals surface area (Å²) >= 11 is 0. The van der Waals surface area contributed by atoms with Crippen LogP contribution in [0.25, 0.3) is 0 Å². The highest BCUT2D eigenvalue weighted by Gasteiger charge is 2.48. The van der Waals surface area contributed by atoms with E-state index in [-0.39, 0.29) is 11.8 Å². The number of carbonyl (C=O) groups is 2. The second kappa shape index (κ2) is 4.53. The molecule has 3 rings (SSSR count). The Kier molecular flexibility index (Phi) is 3.01. The van der Waals surface area contributed by atoms with Gasteiger partial charge < -0.3 is 15.3 Å². The molecule has 2 aliphatic carbocycles. The summed E-state index contributed by atoms with van der Waals surface area (Å²) in [5.41, 5.74) is 0. The summed E-state index contributed by atoms with van der Waals surface area (Å²) in [5.74, 6) is -1.06. The number of nitrogens with zero attached hydrogens (tertiary/aromatic N) is 1. The van der Waals surface area contributed by atoms with E-state index in [0.29, 0.717) is 18.9 Å². The third-order valence-corrected chi connectivity index (χ3v) is 4.39. The SMILES string of the molecule is O=C(O)C1CC1C(=O)NCC1CCN(C2CC2)C1. The Morgan fingerprint density at radius 3 is 2.61 bits per heavy atom. The van der Waals surface area contributed by atoms with Crippen molar-refractivity contribution in [2.45, 2.75) is 31.7 Å². The minimum atomic E-state index is -0.837. The topological polar surface area (TPSA) is 69.6 Å². The normalized spacial score (nSPS) is 35.4. The van der Waals surface area contributed by atoms with E-state index in [1.54, 1.807) is 0 Å². The molecule has 0 aromatic rings. The largest absolute Gasteiger partial charge is 0.481 e. The van der Waals surface area contributed by atoms with Crippen LogP contribution in [0.5, 0.6) is 0 Å². The summed E-state index contributed by atoms with van der Waals surface area (Å²) in [6.07, 6.45) is 4.34. The molecule has 1 aliphatic heterocycles. The molecule has 1 saturated heterocycles. The van der Waals surface area contributed by atoms with Crippen molar-refractivity contribution in [2.24, 2.45) is 17.8 Å². The van der Waals surface area contributed by atoms with Crippen molar-refractivity contribution in [1.82, 2.24) is 10.2 Å². The number of rotatable bonds is 5. The first-order valence-electron chi connectivity index (χ1n) is 6.89. The van der Waals surface area contributed by atoms with E-state index in [0.717, 1.165) is 25.6 Å². The zero-order valence-electron chi connectivity index (χ0n) is 10.5. The van der Waals surface area contributed by atoms with Gasteiger partial charge in [-0.1, -0.05) is 0 Å². The van der Waals surface area contributed by atoms with E-state index in [2.05, 4.69) is 10.2 Å². The van der Waals surface area contributed by atoms with Gasteiger partial charge in [0.1, 0.15) is 0 Å². The molecular formula is C13H20N2O3. The van der Waals surface area contributed by atoms with Gasteiger partial charge in [-0.15, -0.1) is 0 Å². The van der Waals surface area contributed by atoms with Gasteiger partial charge in [0.05, 0.1) is 11.8 Å². The minimum Gasteiger partial charge on any atom is -0.481 e. The molecule has 0 spiro atoms. The molecule has 3 unspecified atom stereocenters. The summed E-state index contributed by atoms with van der Waals surface area (Å²) < 4.78 is 0. The second-order valence-electron chi connectivity index (χ2n) is 5.91. The third kappa shape index (κ3) is 2.51. The van der Waals surface area contributed by atoms with Crippen LogP contribution in [0.2, 0.25) is 0 Å². The molecule has 3 fully saturated rings. The van der Waals surface area contributed by atoms with E-state index in [1.807, 2.05) is 0 Å². The van der Waals surface area contributed by atoms with Crippen molar-refractivity contribution < 1.29 is 14.7 Å². The summed E-state index contributed by atoms with van der Waals surface area (Å²) in [6, 6.07) is 0.811. The molecular weight excluding hydrogens is 232 g/mol. The fraction of sp³-hybridized carbons (Fsp3) is 0.846. The van der Waals surface area contributed by atoms with Crippen LogP contribution in [0.15, 0.2) is 0 Å². The Labute approximate surface area is 107 Å². The number of likely N-dealkylation sites (tertiary alicyclic amines) is 1. The predicted octanol–water partition coefficient (Wildman–Crippen LogP) is 0.308. The highest BCUT2D eigenvalue weighted by Crippen LogP contribution is 2.38. The van der Waals surface area contributed by atoms with E-state index >= 15 is 0 Å². The summed E-state index contributed by atoms with van der Waals surface area (Å²) in [5, 5.41) is 11.7. The summed E-state index contributed by atoms with van der Waals surface area (Å²) in [7, 11) is 0. The number of hydrogen-bond donors (Lipinski definition) is 2. The van der Waals surface area contributed by atoms with Crippen LogP contribution in [0.3, 0.4) is 0 Å². The van der Waals surface area contributed by atoms with Crippen molar-refractivity contribution in [1.29, 1.82) is 0 Å². The average Bonchev–Trinajstić information content (AvgIpc) is 3.23. The minimum absolute atomic E-state index is 0.0627. The fourth-order valence-corrected chi connectivity index (χ4v) is 2.93. The Balaban J connectivity index is 1.37. The highest BCUT2D eigenvalue weighted by molar-refractivity contribution is 5.89. The maximum Gasteiger partial charge on any atom is 0.307 e. The molecule has 0 aromatic carbocycles. The molecule has 5 heteroatoms. The monoisotopic (exact) mass is 252 g/mol. The van der Waals surface area contributed by atoms with E-state index in [1.165, 1.54) is 12.8 Å². The van der Waals surface area contributed by atoms with Gasteiger partial charge in [0.2, 0.25) is 5.91 Å². The van der Waals surface area contributed by atoms with Crippen molar-refractivity contribution in [3.63, 3.8) is 0 Å². The smallest absolute Gasteiger partial charge is 0.307 e. The third-order valence-electron chi connectivity index (χ3n) is 4.39. The van der Waals surface area contributed by atoms with Gasteiger partial charge in [-0.25, -0.2) is 0 Å². The summed E-state index contributed by atoms with van der Waals surface area (Å²) in [4.78, 5) is 24.9. The molecule has 3 atom stereocenters. The van der Waals surface area contributed by atoms with Gasteiger partial charge >= 0.3 is 5.97 Å². The van der Waals surface area contributed by atoms with E-state index in [4.69, 9.17) is 5.11 Å². The molecule has 5 nitrogen and oxygen atoms in total. The first kappa shape index (κ1) is 12.0. The molecule has 1 amide bonds.